The lowest BCUT2D eigenvalue weighted by Gasteiger charge is -2.08. The Labute approximate surface area is 102 Å². The molecule has 5 nitrogen and oxygen atoms in total. The van der Waals surface area contributed by atoms with Gasteiger partial charge in [0.1, 0.15) is 4.90 Å². The minimum absolute atomic E-state index is 0.1000. The van der Waals surface area contributed by atoms with E-state index in [1.807, 2.05) is 0 Å². The fourth-order valence-electron chi connectivity index (χ4n) is 1.00. The lowest BCUT2D eigenvalue weighted by molar-refractivity contribution is 0.0437. The van der Waals surface area contributed by atoms with E-state index in [9.17, 15) is 21.6 Å². The molecule has 0 amide bonds. The second-order valence-corrected chi connectivity index (χ2v) is 4.71. The van der Waals surface area contributed by atoms with Crippen molar-refractivity contribution in [3.05, 3.63) is 29.6 Å². The summed E-state index contributed by atoms with van der Waals surface area (Å²) in [6, 6.07) is 1.10. The summed E-state index contributed by atoms with van der Waals surface area (Å²) in [5, 5.41) is 0. The van der Waals surface area contributed by atoms with E-state index in [1.54, 1.807) is 4.89 Å². The van der Waals surface area contributed by atoms with Crippen molar-refractivity contribution in [3.8, 4) is 0 Å². The summed E-state index contributed by atoms with van der Waals surface area (Å²) < 4.78 is 66.2. The topological polar surface area (TPSA) is 64.6 Å². The second-order valence-electron chi connectivity index (χ2n) is 3.10. The number of halogens is 3. The van der Waals surface area contributed by atoms with E-state index in [2.05, 4.69) is 9.57 Å². The molecule has 9 heteroatoms. The van der Waals surface area contributed by atoms with Crippen LogP contribution in [0, 0.1) is 17.5 Å². The molecule has 0 saturated heterocycles. The van der Waals surface area contributed by atoms with E-state index in [1.165, 1.54) is 7.11 Å². The molecule has 0 saturated carbocycles. The van der Waals surface area contributed by atoms with E-state index in [0.717, 1.165) is 0 Å². The molecule has 18 heavy (non-hydrogen) atoms. The first-order valence-electron chi connectivity index (χ1n) is 4.66. The number of nitrogens with one attached hydrogen (secondary N) is 1. The third-order valence-electron chi connectivity index (χ3n) is 1.85. The molecule has 0 spiro atoms. The first-order valence-corrected chi connectivity index (χ1v) is 6.14. The Morgan fingerprint density at radius 3 is 2.44 bits per heavy atom. The summed E-state index contributed by atoms with van der Waals surface area (Å²) in [7, 11) is -3.05. The molecule has 0 aliphatic carbocycles. The van der Waals surface area contributed by atoms with Crippen LogP contribution in [0.5, 0.6) is 0 Å². The van der Waals surface area contributed by atoms with Crippen LogP contribution < -0.4 is 4.89 Å². The van der Waals surface area contributed by atoms with Crippen molar-refractivity contribution in [1.29, 1.82) is 0 Å². The molecule has 1 rings (SSSR count). The Balaban J connectivity index is 2.89. The number of hydrogen-bond acceptors (Lipinski definition) is 4. The lowest BCUT2D eigenvalue weighted by Crippen LogP contribution is -2.27. The van der Waals surface area contributed by atoms with Gasteiger partial charge in [0, 0.05) is 7.11 Å². The van der Waals surface area contributed by atoms with Crippen LogP contribution in [-0.2, 0) is 19.6 Å². The summed E-state index contributed by atoms with van der Waals surface area (Å²) in [5.41, 5.74) is 0. The third-order valence-corrected chi connectivity index (χ3v) is 3.08. The van der Waals surface area contributed by atoms with Gasteiger partial charge in [-0.2, -0.15) is 0 Å². The van der Waals surface area contributed by atoms with Gasteiger partial charge in [-0.05, 0) is 12.1 Å². The van der Waals surface area contributed by atoms with E-state index in [-0.39, 0.29) is 13.2 Å². The van der Waals surface area contributed by atoms with Crippen LogP contribution in [0.3, 0.4) is 0 Å². The molecule has 0 aliphatic heterocycles. The van der Waals surface area contributed by atoms with Crippen LogP contribution in [0.1, 0.15) is 0 Å². The smallest absolute Gasteiger partial charge is 0.265 e. The monoisotopic (exact) mass is 285 g/mol. The van der Waals surface area contributed by atoms with Crippen molar-refractivity contribution < 1.29 is 31.2 Å². The Hall–Kier alpha value is -1.16. The van der Waals surface area contributed by atoms with Crippen molar-refractivity contribution >= 4 is 10.0 Å². The van der Waals surface area contributed by atoms with Gasteiger partial charge in [-0.3, -0.25) is 4.84 Å². The normalized spacial score (nSPS) is 11.8. The fraction of sp³-hybridized carbons (Fsp3) is 0.333. The highest BCUT2D eigenvalue weighted by Gasteiger charge is 2.24. The van der Waals surface area contributed by atoms with Crippen molar-refractivity contribution in [2.45, 2.75) is 4.90 Å². The third kappa shape index (κ3) is 3.42. The maximum absolute atomic E-state index is 13.2. The summed E-state index contributed by atoms with van der Waals surface area (Å²) in [6.45, 7) is -0.0240. The van der Waals surface area contributed by atoms with Gasteiger partial charge in [0.25, 0.3) is 10.0 Å². The molecule has 0 heterocycles. The standard InChI is InChI=1S/C9H10F3NO4S/c1-16-4-5-17-13-18(14,15)7-3-2-6(10)8(11)9(7)12/h2-3,13H,4-5H2,1H3. The van der Waals surface area contributed by atoms with Gasteiger partial charge in [0.2, 0.25) is 0 Å². The fourth-order valence-corrected chi connectivity index (χ4v) is 1.91. The minimum atomic E-state index is -4.42. The number of hydrogen-bond donors (Lipinski definition) is 1. The largest absolute Gasteiger partial charge is 0.382 e. The van der Waals surface area contributed by atoms with E-state index < -0.39 is 32.4 Å². The Morgan fingerprint density at radius 2 is 1.83 bits per heavy atom. The number of sulfonamides is 1. The first-order chi connectivity index (χ1) is 8.40. The molecule has 0 fully saturated rings. The van der Waals surface area contributed by atoms with Crippen LogP contribution in [0.25, 0.3) is 0 Å². The zero-order valence-electron chi connectivity index (χ0n) is 9.24. The van der Waals surface area contributed by atoms with Crippen LogP contribution in [0.4, 0.5) is 13.2 Å². The summed E-state index contributed by atoms with van der Waals surface area (Å²) >= 11 is 0. The average Bonchev–Trinajstić information content (AvgIpc) is 2.31. The predicted molar refractivity (Wildman–Crippen MR) is 54.5 cm³/mol. The summed E-state index contributed by atoms with van der Waals surface area (Å²) in [4.78, 5) is 4.99. The quantitative estimate of drug-likeness (QED) is 0.480. The molecule has 0 atom stereocenters. The molecule has 0 bridgehead atoms. The Bertz CT molecular complexity index is 521. The molecule has 1 aromatic carbocycles. The highest BCUT2D eigenvalue weighted by atomic mass is 32.2. The second kappa shape index (κ2) is 6.14. The van der Waals surface area contributed by atoms with Crippen molar-refractivity contribution in [2.75, 3.05) is 20.3 Å². The Morgan fingerprint density at radius 1 is 1.17 bits per heavy atom. The van der Waals surface area contributed by atoms with E-state index >= 15 is 0 Å². The molecule has 0 radical (unpaired) electrons. The lowest BCUT2D eigenvalue weighted by atomic mass is 10.3. The molecule has 1 N–H and O–H groups in total. The van der Waals surface area contributed by atoms with Gasteiger partial charge in [-0.15, -0.1) is 0 Å². The maximum Gasteiger partial charge on any atom is 0.265 e. The molecule has 0 aliphatic rings. The van der Waals surface area contributed by atoms with Crippen LogP contribution >= 0.6 is 0 Å². The highest BCUT2D eigenvalue weighted by molar-refractivity contribution is 7.89. The SMILES string of the molecule is COCCONS(=O)(=O)c1ccc(F)c(F)c1F. The van der Waals surface area contributed by atoms with Crippen LogP contribution in [-0.4, -0.2) is 28.7 Å². The van der Waals surface area contributed by atoms with E-state index in [0.29, 0.717) is 12.1 Å². The molecular weight excluding hydrogens is 275 g/mol. The van der Waals surface area contributed by atoms with Gasteiger partial charge in [-0.25, -0.2) is 21.6 Å². The van der Waals surface area contributed by atoms with Crippen molar-refractivity contribution in [3.63, 3.8) is 0 Å². The minimum Gasteiger partial charge on any atom is -0.382 e. The average molecular weight is 285 g/mol. The molecule has 102 valence electrons. The summed E-state index contributed by atoms with van der Waals surface area (Å²) in [6.07, 6.45) is 0. The number of methoxy groups -OCH3 is 1. The van der Waals surface area contributed by atoms with Gasteiger partial charge < -0.3 is 4.74 Å². The maximum atomic E-state index is 13.2. The number of benzene rings is 1. The molecule has 0 unspecified atom stereocenters. The van der Waals surface area contributed by atoms with Gasteiger partial charge in [-0.1, -0.05) is 4.89 Å². The number of rotatable bonds is 6. The number of ether oxygens (including phenoxy) is 1. The van der Waals surface area contributed by atoms with Crippen LogP contribution in [0.2, 0.25) is 0 Å². The van der Waals surface area contributed by atoms with E-state index in [4.69, 9.17) is 0 Å². The predicted octanol–water partition coefficient (Wildman–Crippen LogP) is 0.960. The summed E-state index contributed by atoms with van der Waals surface area (Å²) in [5.74, 6) is -5.15. The molecule has 0 aromatic heterocycles. The van der Waals surface area contributed by atoms with Gasteiger partial charge in [0.15, 0.2) is 17.5 Å². The van der Waals surface area contributed by atoms with Gasteiger partial charge in [0.05, 0.1) is 13.2 Å². The molecular formula is C9H10F3NO4S. The Kier molecular flexibility index (Phi) is 5.08. The first kappa shape index (κ1) is 14.9. The van der Waals surface area contributed by atoms with Gasteiger partial charge >= 0.3 is 0 Å². The van der Waals surface area contributed by atoms with Crippen LogP contribution in [0.15, 0.2) is 17.0 Å². The zero-order valence-corrected chi connectivity index (χ0v) is 10.1. The van der Waals surface area contributed by atoms with Crippen molar-refractivity contribution in [1.82, 2.24) is 4.89 Å². The van der Waals surface area contributed by atoms with Crippen molar-refractivity contribution in [2.24, 2.45) is 0 Å². The molecule has 1 aromatic rings. The highest BCUT2D eigenvalue weighted by Crippen LogP contribution is 2.19. The zero-order chi connectivity index (χ0) is 13.8.